The number of ketones is 1. The Bertz CT molecular complexity index is 2380. The van der Waals surface area contributed by atoms with Gasteiger partial charge in [0.05, 0.1) is 7.11 Å². The highest BCUT2D eigenvalue weighted by atomic mass is 16.5. The van der Waals surface area contributed by atoms with Gasteiger partial charge in [-0.15, -0.1) is 0 Å². The molecule has 5 aromatic rings. The zero-order valence-corrected chi connectivity index (χ0v) is 26.1. The molecule has 10 rings (SSSR count). The molecular formula is C37H30N6O5. The molecule has 5 heterocycles. The lowest BCUT2D eigenvalue weighted by atomic mass is 9.81. The fraction of sp³-hybridized carbons (Fsp3) is 0.243. The van der Waals surface area contributed by atoms with E-state index in [0.29, 0.717) is 55.2 Å². The maximum absolute atomic E-state index is 14.1. The van der Waals surface area contributed by atoms with Crippen molar-refractivity contribution in [1.29, 1.82) is 0 Å². The van der Waals surface area contributed by atoms with Gasteiger partial charge in [0, 0.05) is 75.6 Å². The van der Waals surface area contributed by atoms with Gasteiger partial charge in [-0.1, -0.05) is 0 Å². The molecule has 48 heavy (non-hydrogen) atoms. The predicted molar refractivity (Wildman–Crippen MR) is 179 cm³/mol. The van der Waals surface area contributed by atoms with E-state index in [-0.39, 0.29) is 28.9 Å². The summed E-state index contributed by atoms with van der Waals surface area (Å²) in [6.07, 6.45) is 3.88. The Balaban J connectivity index is 0.955. The summed E-state index contributed by atoms with van der Waals surface area (Å²) in [5.74, 6) is 0.567. The lowest BCUT2D eigenvalue weighted by Gasteiger charge is -2.29. The summed E-state index contributed by atoms with van der Waals surface area (Å²) in [4.78, 5) is 64.8. The second-order valence-electron chi connectivity index (χ2n) is 13.5. The maximum Gasteiger partial charge on any atom is 0.319 e. The van der Waals surface area contributed by atoms with Gasteiger partial charge in [0.1, 0.15) is 17.1 Å². The van der Waals surface area contributed by atoms with Crippen LogP contribution in [0.2, 0.25) is 0 Å². The highest BCUT2D eigenvalue weighted by Gasteiger charge is 2.67. The highest BCUT2D eigenvalue weighted by molar-refractivity contribution is 6.12. The Morgan fingerprint density at radius 3 is 2.10 bits per heavy atom. The van der Waals surface area contributed by atoms with Crippen LogP contribution < -0.4 is 20.3 Å². The fourth-order valence-electron chi connectivity index (χ4n) is 8.91. The number of carbonyl (C=O) groups excluding carboxylic acids is 4. The van der Waals surface area contributed by atoms with Crippen LogP contribution in [-0.4, -0.2) is 65.2 Å². The molecule has 11 heteroatoms. The van der Waals surface area contributed by atoms with Crippen LogP contribution in [0, 0.1) is 5.92 Å². The summed E-state index contributed by atoms with van der Waals surface area (Å²) >= 11 is 0. The Hall–Kier alpha value is -5.84. The van der Waals surface area contributed by atoms with Crippen molar-refractivity contribution in [2.75, 3.05) is 36.5 Å². The average Bonchev–Trinajstić information content (AvgIpc) is 3.71. The number of nitrogens with two attached hydrogens (primary N) is 1. The fourth-order valence-corrected chi connectivity index (χ4v) is 8.91. The second kappa shape index (κ2) is 9.15. The number of carbonyl (C=O) groups is 4. The van der Waals surface area contributed by atoms with Crippen LogP contribution in [0.5, 0.6) is 5.75 Å². The quantitative estimate of drug-likeness (QED) is 0.260. The molecule has 3 aromatic carbocycles. The third kappa shape index (κ3) is 3.42. The monoisotopic (exact) mass is 638 g/mol. The molecule has 5 aliphatic rings. The van der Waals surface area contributed by atoms with E-state index < -0.39 is 6.03 Å². The molecule has 2 aliphatic carbocycles. The van der Waals surface area contributed by atoms with Gasteiger partial charge in [0.2, 0.25) is 0 Å². The number of hydrogen-bond donors (Lipinski definition) is 3. The number of methoxy groups -OCH3 is 1. The van der Waals surface area contributed by atoms with Crippen molar-refractivity contribution in [2.45, 2.75) is 24.7 Å². The van der Waals surface area contributed by atoms with Crippen molar-refractivity contribution < 1.29 is 23.9 Å². The standard InChI is InChI=1S/C37H30N6O5/c1-48-19-2-3-22-25(12-19)37-16-18(37)17-43(33(37)15-32(22)44)35(46)29-14-23-20-8-10-41(30(20)6-4-26(23)40-29)34(45)28-13-24-21-9-11-42(36(38)47)31(21)7-5-27(24)39-28/h2-7,12-15,18,39-40H,8-11,16-17H2,1H3,(H2,38,47)/t18-,37-/m0/s1. The Labute approximate surface area is 273 Å². The number of nitrogens with zero attached hydrogens (tertiary/aromatic N) is 3. The number of allylic oxidation sites excluding steroid dienone is 2. The van der Waals surface area contributed by atoms with Gasteiger partial charge in [-0.25, -0.2) is 4.79 Å². The summed E-state index contributed by atoms with van der Waals surface area (Å²) in [6, 6.07) is 16.5. The van der Waals surface area contributed by atoms with Crippen molar-refractivity contribution in [1.82, 2.24) is 14.9 Å². The third-order valence-corrected chi connectivity index (χ3v) is 11.2. The summed E-state index contributed by atoms with van der Waals surface area (Å²) < 4.78 is 5.47. The number of amides is 4. The summed E-state index contributed by atoms with van der Waals surface area (Å²) in [5.41, 5.74) is 13.9. The van der Waals surface area contributed by atoms with Gasteiger partial charge in [-0.05, 0) is 96.5 Å². The highest BCUT2D eigenvalue weighted by Crippen LogP contribution is 2.67. The molecule has 4 N–H and O–H groups in total. The lowest BCUT2D eigenvalue weighted by Crippen LogP contribution is -2.33. The van der Waals surface area contributed by atoms with E-state index in [4.69, 9.17) is 10.5 Å². The molecule has 2 aromatic heterocycles. The molecule has 1 saturated heterocycles. The van der Waals surface area contributed by atoms with E-state index in [2.05, 4.69) is 9.97 Å². The van der Waals surface area contributed by atoms with Gasteiger partial charge < -0.3 is 30.2 Å². The Morgan fingerprint density at radius 1 is 0.833 bits per heavy atom. The molecule has 0 radical (unpaired) electrons. The van der Waals surface area contributed by atoms with Crippen LogP contribution in [0.15, 0.2) is 66.4 Å². The van der Waals surface area contributed by atoms with Crippen molar-refractivity contribution in [3.8, 4) is 5.75 Å². The van der Waals surface area contributed by atoms with Crippen LogP contribution >= 0.6 is 0 Å². The van der Waals surface area contributed by atoms with Gasteiger partial charge >= 0.3 is 6.03 Å². The predicted octanol–water partition coefficient (Wildman–Crippen LogP) is 4.80. The van der Waals surface area contributed by atoms with E-state index >= 15 is 0 Å². The topological polar surface area (TPSA) is 145 Å². The maximum atomic E-state index is 14.1. The number of H-pyrrole nitrogens is 2. The minimum absolute atomic E-state index is 0.0927. The van der Waals surface area contributed by atoms with Gasteiger partial charge in [0.25, 0.3) is 11.8 Å². The van der Waals surface area contributed by atoms with E-state index in [9.17, 15) is 19.2 Å². The molecule has 11 nitrogen and oxygen atoms in total. The molecule has 1 spiro atoms. The van der Waals surface area contributed by atoms with Crippen LogP contribution in [0.1, 0.15) is 54.4 Å². The summed E-state index contributed by atoms with van der Waals surface area (Å²) in [5, 5.41) is 1.83. The van der Waals surface area contributed by atoms with E-state index in [0.717, 1.165) is 62.0 Å². The number of urea groups is 1. The molecule has 2 atom stereocenters. The normalized spacial score (nSPS) is 21.6. The van der Waals surface area contributed by atoms with Gasteiger partial charge in [-0.3, -0.25) is 19.3 Å². The number of primary amides is 1. The number of benzene rings is 3. The number of hydrogen-bond acceptors (Lipinski definition) is 5. The lowest BCUT2D eigenvalue weighted by molar-refractivity contribution is 0.0806. The first-order valence-corrected chi connectivity index (χ1v) is 16.2. The number of likely N-dealkylation sites (tertiary alicyclic amines) is 1. The smallest absolute Gasteiger partial charge is 0.319 e. The molecule has 2 fully saturated rings. The number of rotatable bonds is 3. The zero-order valence-electron chi connectivity index (χ0n) is 26.1. The van der Waals surface area contributed by atoms with Crippen molar-refractivity contribution in [3.05, 3.63) is 100 Å². The minimum atomic E-state index is -0.483. The van der Waals surface area contributed by atoms with Crippen LogP contribution in [0.25, 0.3) is 21.8 Å². The van der Waals surface area contributed by atoms with Gasteiger partial charge in [0.15, 0.2) is 5.78 Å². The van der Waals surface area contributed by atoms with E-state index in [1.807, 2.05) is 54.6 Å². The molecule has 238 valence electrons. The first-order valence-electron chi connectivity index (χ1n) is 16.2. The van der Waals surface area contributed by atoms with Crippen molar-refractivity contribution in [3.63, 3.8) is 0 Å². The molecule has 1 saturated carbocycles. The van der Waals surface area contributed by atoms with Crippen LogP contribution in [0.3, 0.4) is 0 Å². The number of piperidine rings is 1. The number of ether oxygens (including phenoxy) is 1. The number of nitrogens with one attached hydrogen (secondary N) is 2. The SMILES string of the molecule is COc1ccc2c(c1)[C@]13C[C@H]1CN(C(=O)c1cc4c5c(ccc4[nH]1)N(C(=O)c1cc4c6c(ccc4[nH]1)N(C(N)=O)CC6)CC5)C3=CC2=O. The largest absolute Gasteiger partial charge is 0.497 e. The minimum Gasteiger partial charge on any atom is -0.497 e. The Morgan fingerprint density at radius 2 is 1.46 bits per heavy atom. The Kier molecular flexibility index (Phi) is 5.20. The van der Waals surface area contributed by atoms with Gasteiger partial charge in [-0.2, -0.15) is 0 Å². The van der Waals surface area contributed by atoms with Crippen LogP contribution in [-0.2, 0) is 18.3 Å². The van der Waals surface area contributed by atoms with Crippen LogP contribution in [0.4, 0.5) is 16.2 Å². The first-order chi connectivity index (χ1) is 23.3. The molecule has 0 unspecified atom stereocenters. The third-order valence-electron chi connectivity index (χ3n) is 11.2. The summed E-state index contributed by atoms with van der Waals surface area (Å²) in [7, 11) is 1.62. The molecule has 4 amide bonds. The second-order valence-corrected chi connectivity index (χ2v) is 13.5. The first kappa shape index (κ1) is 27.3. The number of anilines is 2. The zero-order chi connectivity index (χ0) is 32.6. The molecular weight excluding hydrogens is 608 g/mol. The van der Waals surface area contributed by atoms with Crippen molar-refractivity contribution in [2.24, 2.45) is 11.7 Å². The number of fused-ring (bicyclic) bond motifs is 7. The molecule has 0 bridgehead atoms. The number of aromatic nitrogens is 2. The van der Waals surface area contributed by atoms with Crippen molar-refractivity contribution >= 4 is 56.8 Å². The van der Waals surface area contributed by atoms with E-state index in [1.165, 1.54) is 0 Å². The molecule has 3 aliphatic heterocycles. The average molecular weight is 639 g/mol. The number of aromatic amines is 2. The van der Waals surface area contributed by atoms with E-state index in [1.54, 1.807) is 27.9 Å². The summed E-state index contributed by atoms with van der Waals surface area (Å²) in [6.45, 7) is 1.59.